The summed E-state index contributed by atoms with van der Waals surface area (Å²) in [6.45, 7) is 8.59. The second-order valence-electron chi connectivity index (χ2n) is 11.9. The van der Waals surface area contributed by atoms with Crippen molar-refractivity contribution in [3.05, 3.63) is 114 Å². The van der Waals surface area contributed by atoms with Gasteiger partial charge in [0.2, 0.25) is 11.9 Å². The lowest BCUT2D eigenvalue weighted by molar-refractivity contribution is -0.276. The van der Waals surface area contributed by atoms with E-state index in [9.17, 15) is 9.90 Å². The largest absolute Gasteiger partial charge is 0.392 e. The van der Waals surface area contributed by atoms with Gasteiger partial charge in [0.15, 0.2) is 6.29 Å². The molecule has 2 fully saturated rings. The average Bonchev–Trinajstić information content (AvgIpc) is 3.09. The highest BCUT2D eigenvalue weighted by molar-refractivity contribution is 5.73. The number of nitrogens with one attached hydrogen (secondary N) is 1. The minimum Gasteiger partial charge on any atom is -0.392 e. The Bertz CT molecular complexity index is 1540. The number of aliphatic hydroxyl groups excluding tert-OH is 1. The molecule has 9 heteroatoms. The van der Waals surface area contributed by atoms with Crippen molar-refractivity contribution < 1.29 is 19.4 Å². The predicted molar refractivity (Wildman–Crippen MR) is 173 cm³/mol. The van der Waals surface area contributed by atoms with Crippen molar-refractivity contribution >= 4 is 11.9 Å². The molecule has 4 aromatic rings. The van der Waals surface area contributed by atoms with Gasteiger partial charge < -0.3 is 24.8 Å². The van der Waals surface area contributed by atoms with Gasteiger partial charge in [0.25, 0.3) is 0 Å². The summed E-state index contributed by atoms with van der Waals surface area (Å²) < 4.78 is 13.4. The summed E-state index contributed by atoms with van der Waals surface area (Å²) in [6.07, 6.45) is 2.85. The normalized spacial score (nSPS) is 22.2. The van der Waals surface area contributed by atoms with Crippen LogP contribution in [-0.4, -0.2) is 64.7 Å². The van der Waals surface area contributed by atoms with Crippen LogP contribution in [0.5, 0.6) is 0 Å². The number of aromatic nitrogens is 2. The van der Waals surface area contributed by atoms with Crippen LogP contribution >= 0.6 is 0 Å². The number of carbonyl (C=O) groups excluding carboxylic acids is 1. The molecule has 0 aliphatic carbocycles. The van der Waals surface area contributed by atoms with Crippen LogP contribution < -0.4 is 10.2 Å². The van der Waals surface area contributed by atoms with Gasteiger partial charge in [-0.15, -0.1) is 0 Å². The van der Waals surface area contributed by atoms with E-state index in [0.29, 0.717) is 6.54 Å². The Kier molecular flexibility index (Phi) is 9.81. The maximum atomic E-state index is 11.4. The number of hydrogen-bond acceptors (Lipinski definition) is 8. The smallest absolute Gasteiger partial charge is 0.225 e. The first-order valence-corrected chi connectivity index (χ1v) is 15.7. The topological polar surface area (TPSA) is 100 Å². The number of ether oxygens (including phenoxy) is 2. The first kappa shape index (κ1) is 30.9. The van der Waals surface area contributed by atoms with Gasteiger partial charge in [0.05, 0.1) is 18.8 Å². The van der Waals surface area contributed by atoms with E-state index in [-0.39, 0.29) is 30.6 Å². The van der Waals surface area contributed by atoms with E-state index in [2.05, 4.69) is 80.5 Å². The molecule has 2 saturated heterocycles. The lowest BCUT2D eigenvalue weighted by Crippen LogP contribution is -2.51. The van der Waals surface area contributed by atoms with Gasteiger partial charge in [-0.3, -0.25) is 9.69 Å². The molecule has 6 rings (SSSR count). The van der Waals surface area contributed by atoms with Gasteiger partial charge in [0, 0.05) is 70.1 Å². The fraction of sp³-hybridized carbons (Fsp3) is 0.361. The van der Waals surface area contributed by atoms with Crippen molar-refractivity contribution in [1.29, 1.82) is 0 Å². The summed E-state index contributed by atoms with van der Waals surface area (Å²) in [5, 5.41) is 12.4. The number of piperazine rings is 1. The Morgan fingerprint density at radius 1 is 0.867 bits per heavy atom. The second kappa shape index (κ2) is 14.3. The third-order valence-corrected chi connectivity index (χ3v) is 8.75. The summed E-state index contributed by atoms with van der Waals surface area (Å²) in [6, 6.07) is 26.5. The monoisotopic (exact) mass is 607 g/mol. The molecule has 1 aromatic heterocycles. The first-order chi connectivity index (χ1) is 22.0. The fourth-order valence-corrected chi connectivity index (χ4v) is 6.09. The number of carbonyl (C=O) groups is 1. The molecule has 4 atom stereocenters. The van der Waals surface area contributed by atoms with Gasteiger partial charge in [-0.1, -0.05) is 73.7 Å². The molecule has 0 saturated carbocycles. The summed E-state index contributed by atoms with van der Waals surface area (Å²) in [4.78, 5) is 24.9. The highest BCUT2D eigenvalue weighted by Gasteiger charge is 2.39. The van der Waals surface area contributed by atoms with Gasteiger partial charge in [0.1, 0.15) is 0 Å². The molecule has 0 bridgehead atoms. The zero-order valence-electron chi connectivity index (χ0n) is 25.9. The number of anilines is 1. The van der Waals surface area contributed by atoms with E-state index in [1.165, 1.54) is 6.92 Å². The Balaban J connectivity index is 1.19. The van der Waals surface area contributed by atoms with Crippen LogP contribution in [0.15, 0.2) is 91.3 Å². The summed E-state index contributed by atoms with van der Waals surface area (Å²) in [5.41, 5.74) is 6.15. The van der Waals surface area contributed by atoms with E-state index in [0.717, 1.165) is 72.1 Å². The Labute approximate surface area is 264 Å². The molecule has 3 aromatic carbocycles. The highest BCUT2D eigenvalue weighted by Crippen LogP contribution is 2.42. The van der Waals surface area contributed by atoms with Gasteiger partial charge in [-0.05, 0) is 39.9 Å². The molecule has 2 aliphatic rings. The van der Waals surface area contributed by atoms with E-state index in [1.807, 2.05) is 30.3 Å². The van der Waals surface area contributed by atoms with Gasteiger partial charge in [-0.2, -0.15) is 0 Å². The second-order valence-corrected chi connectivity index (χ2v) is 11.9. The van der Waals surface area contributed by atoms with E-state index in [1.54, 1.807) is 12.4 Å². The number of hydrogen-bond donors (Lipinski definition) is 2. The van der Waals surface area contributed by atoms with Crippen LogP contribution in [0.1, 0.15) is 48.5 Å². The van der Waals surface area contributed by atoms with Crippen LogP contribution in [-0.2, 0) is 27.4 Å². The van der Waals surface area contributed by atoms with Crippen LogP contribution in [0.25, 0.3) is 11.1 Å². The summed E-state index contributed by atoms with van der Waals surface area (Å²) in [7, 11) is 0. The lowest BCUT2D eigenvalue weighted by Gasteiger charge is -2.44. The van der Waals surface area contributed by atoms with Crippen molar-refractivity contribution in [2.45, 2.75) is 45.5 Å². The van der Waals surface area contributed by atoms with Gasteiger partial charge >= 0.3 is 0 Å². The number of nitrogens with zero attached hydrogens (tertiary/aromatic N) is 4. The van der Waals surface area contributed by atoms with Crippen LogP contribution in [0.4, 0.5) is 5.95 Å². The van der Waals surface area contributed by atoms with Crippen LogP contribution in [0, 0.1) is 5.92 Å². The molecule has 9 nitrogen and oxygen atoms in total. The first-order valence-electron chi connectivity index (χ1n) is 15.7. The van der Waals surface area contributed by atoms with Gasteiger partial charge in [-0.25, -0.2) is 9.97 Å². The molecule has 234 valence electrons. The van der Waals surface area contributed by atoms with E-state index in [4.69, 9.17) is 9.47 Å². The molecule has 4 unspecified atom stereocenters. The zero-order valence-corrected chi connectivity index (χ0v) is 25.9. The molecule has 1 amide bonds. The third kappa shape index (κ3) is 7.57. The molecule has 2 N–H and O–H groups in total. The average molecular weight is 608 g/mol. The molecular formula is C36H41N5O4. The van der Waals surface area contributed by atoms with Crippen LogP contribution in [0.2, 0.25) is 0 Å². The minimum absolute atomic E-state index is 0.0121. The highest BCUT2D eigenvalue weighted by atomic mass is 16.7. The summed E-state index contributed by atoms with van der Waals surface area (Å²) in [5.74, 6) is 0.848. The van der Waals surface area contributed by atoms with Crippen molar-refractivity contribution in [1.82, 2.24) is 20.2 Å². The number of amides is 1. The summed E-state index contributed by atoms with van der Waals surface area (Å²) >= 11 is 0. The van der Waals surface area contributed by atoms with Crippen molar-refractivity contribution in [2.75, 3.05) is 37.6 Å². The number of rotatable bonds is 9. The van der Waals surface area contributed by atoms with Crippen LogP contribution in [0.3, 0.4) is 0 Å². The zero-order chi connectivity index (χ0) is 31.2. The quantitative estimate of drug-likeness (QED) is 0.278. The van der Waals surface area contributed by atoms with E-state index >= 15 is 0 Å². The lowest BCUT2D eigenvalue weighted by atomic mass is 9.89. The number of aliphatic hydroxyl groups is 1. The van der Waals surface area contributed by atoms with Crippen molar-refractivity contribution in [3.8, 4) is 11.1 Å². The SMILES string of the molecule is CC(=O)NCc1cccc(-c2ccc(C3OC(CN4CCN(c5ncccn5)CC4)C(C)C(c4ccc(CO)cc4)O3)cc2)c1. The molecule has 0 radical (unpaired) electrons. The standard InChI is InChI=1S/C36H41N5O4/c1-25-33(23-40-17-19-41(20-18-40)36-37-15-4-16-38-36)44-35(45-34(25)30-9-7-27(24-42)8-10-30)31-13-11-29(12-14-31)32-6-3-5-28(21-32)22-39-26(2)43/h3-16,21,25,33-35,42H,17-20,22-24H2,1-2H3,(H,39,43). The minimum atomic E-state index is -0.520. The Morgan fingerprint density at radius 2 is 1.58 bits per heavy atom. The van der Waals surface area contributed by atoms with E-state index < -0.39 is 6.29 Å². The van der Waals surface area contributed by atoms with Crippen molar-refractivity contribution in [2.24, 2.45) is 5.92 Å². The molecule has 3 heterocycles. The molecule has 0 spiro atoms. The predicted octanol–water partition coefficient (Wildman–Crippen LogP) is 4.89. The van der Waals surface area contributed by atoms with Crippen molar-refractivity contribution in [3.63, 3.8) is 0 Å². The molecule has 45 heavy (non-hydrogen) atoms. The fourth-order valence-electron chi connectivity index (χ4n) is 6.09. The number of benzene rings is 3. The third-order valence-electron chi connectivity index (χ3n) is 8.75. The maximum Gasteiger partial charge on any atom is 0.225 e. The molecular weight excluding hydrogens is 566 g/mol. The Morgan fingerprint density at radius 3 is 2.27 bits per heavy atom. The molecule has 2 aliphatic heterocycles. The Hall–Kier alpha value is -4.15. The maximum absolute atomic E-state index is 11.4.